The summed E-state index contributed by atoms with van der Waals surface area (Å²) in [6.45, 7) is 0.331. The van der Waals surface area contributed by atoms with E-state index in [1.807, 2.05) is 0 Å². The molecule has 1 rings (SSSR count). The Labute approximate surface area is 68.9 Å². The second-order valence-electron chi connectivity index (χ2n) is 2.30. The van der Waals surface area contributed by atoms with E-state index in [4.69, 9.17) is 4.74 Å². The zero-order chi connectivity index (χ0) is 9.14. The molecule has 1 aromatic rings. The number of imidazole rings is 1. The van der Waals surface area contributed by atoms with Crippen LogP contribution in [0.15, 0.2) is 6.20 Å². The first-order valence-corrected chi connectivity index (χ1v) is 3.30. The predicted molar refractivity (Wildman–Crippen MR) is 40.6 cm³/mol. The Morgan fingerprint density at radius 1 is 1.83 bits per heavy atom. The van der Waals surface area contributed by atoms with E-state index in [-0.39, 0.29) is 5.95 Å². The van der Waals surface area contributed by atoms with Gasteiger partial charge in [0.2, 0.25) is 0 Å². The lowest BCUT2D eigenvalue weighted by molar-refractivity contribution is -0.396. The van der Waals surface area contributed by atoms with Gasteiger partial charge in [-0.2, -0.15) is 0 Å². The highest BCUT2D eigenvalue weighted by Gasteiger charge is 2.16. The molecule has 0 aliphatic heterocycles. The van der Waals surface area contributed by atoms with Crippen molar-refractivity contribution in [2.75, 3.05) is 7.11 Å². The smallest absolute Gasteiger partial charge is 0.390 e. The van der Waals surface area contributed by atoms with Crippen molar-refractivity contribution in [3.63, 3.8) is 0 Å². The molecule has 0 aliphatic carbocycles. The van der Waals surface area contributed by atoms with Crippen LogP contribution in [0.5, 0.6) is 0 Å². The maximum absolute atomic E-state index is 10.3. The molecule has 0 saturated carbocycles. The zero-order valence-electron chi connectivity index (χ0n) is 6.85. The molecule has 0 saturated heterocycles. The highest BCUT2D eigenvalue weighted by Crippen LogP contribution is 2.10. The number of ether oxygens (including phenoxy) is 1. The summed E-state index contributed by atoms with van der Waals surface area (Å²) in [4.78, 5) is 13.4. The second kappa shape index (κ2) is 3.31. The molecule has 0 spiro atoms. The summed E-state index contributed by atoms with van der Waals surface area (Å²) < 4.78 is 6.21. The number of nitro groups is 1. The van der Waals surface area contributed by atoms with Gasteiger partial charge in [0.25, 0.3) is 0 Å². The highest BCUT2D eigenvalue weighted by atomic mass is 16.6. The summed E-state index contributed by atoms with van der Waals surface area (Å²) in [7, 11) is 3.11. The molecule has 0 atom stereocenters. The standard InChI is InChI=1S/C6H9N3O3/c1-8-5(4-12-2)3-7-6(8)9(10)11/h3H,4H2,1-2H3. The Bertz CT molecular complexity index is 294. The first-order chi connectivity index (χ1) is 5.66. The van der Waals surface area contributed by atoms with Crippen molar-refractivity contribution in [2.24, 2.45) is 7.05 Å². The number of rotatable bonds is 3. The molecule has 1 heterocycles. The third-order valence-corrected chi connectivity index (χ3v) is 1.52. The van der Waals surface area contributed by atoms with Gasteiger partial charge in [-0.3, -0.25) is 0 Å². The topological polar surface area (TPSA) is 70.2 Å². The monoisotopic (exact) mass is 171 g/mol. The minimum absolute atomic E-state index is 0.165. The Morgan fingerprint density at radius 2 is 2.50 bits per heavy atom. The number of hydrogen-bond acceptors (Lipinski definition) is 4. The molecule has 6 heteroatoms. The van der Waals surface area contributed by atoms with Gasteiger partial charge < -0.3 is 14.9 Å². The van der Waals surface area contributed by atoms with E-state index < -0.39 is 4.92 Å². The molecule has 6 nitrogen and oxygen atoms in total. The maximum Gasteiger partial charge on any atom is 0.434 e. The number of hydrogen-bond donors (Lipinski definition) is 0. The third kappa shape index (κ3) is 1.42. The summed E-state index contributed by atoms with van der Waals surface area (Å²) in [6.07, 6.45) is 1.43. The van der Waals surface area contributed by atoms with Crippen LogP contribution in [0.25, 0.3) is 0 Å². The van der Waals surface area contributed by atoms with E-state index in [1.54, 1.807) is 7.05 Å². The molecule has 1 aromatic heterocycles. The largest absolute Gasteiger partial charge is 0.434 e. The van der Waals surface area contributed by atoms with Gasteiger partial charge in [-0.25, -0.2) is 4.57 Å². The second-order valence-corrected chi connectivity index (χ2v) is 2.30. The fourth-order valence-electron chi connectivity index (χ4n) is 0.885. The van der Waals surface area contributed by atoms with Gasteiger partial charge in [0.15, 0.2) is 0 Å². The quantitative estimate of drug-likeness (QED) is 0.489. The fourth-order valence-corrected chi connectivity index (χ4v) is 0.885. The minimum Gasteiger partial charge on any atom is -0.390 e. The lowest BCUT2D eigenvalue weighted by atomic mass is 10.5. The number of aromatic nitrogens is 2. The van der Waals surface area contributed by atoms with Crippen LogP contribution in [0.4, 0.5) is 5.95 Å². The van der Waals surface area contributed by atoms with Crippen molar-refractivity contribution >= 4 is 5.95 Å². The molecule has 0 amide bonds. The average Bonchev–Trinajstić information content (AvgIpc) is 2.34. The van der Waals surface area contributed by atoms with Gasteiger partial charge in [0.1, 0.15) is 18.5 Å². The van der Waals surface area contributed by atoms with Gasteiger partial charge in [0, 0.05) is 7.11 Å². The molecular formula is C6H9N3O3. The van der Waals surface area contributed by atoms with Crippen LogP contribution in [0.1, 0.15) is 5.69 Å². The van der Waals surface area contributed by atoms with Gasteiger partial charge in [-0.15, -0.1) is 0 Å². The third-order valence-electron chi connectivity index (χ3n) is 1.52. The van der Waals surface area contributed by atoms with Crippen LogP contribution in [-0.4, -0.2) is 21.6 Å². The van der Waals surface area contributed by atoms with Crippen molar-refractivity contribution in [2.45, 2.75) is 6.61 Å². The van der Waals surface area contributed by atoms with Gasteiger partial charge >= 0.3 is 5.95 Å². The van der Waals surface area contributed by atoms with Crippen LogP contribution in [0, 0.1) is 10.1 Å². The first kappa shape index (κ1) is 8.66. The van der Waals surface area contributed by atoms with Gasteiger partial charge in [-0.05, 0) is 4.92 Å². The van der Waals surface area contributed by atoms with Crippen molar-refractivity contribution < 1.29 is 9.66 Å². The van der Waals surface area contributed by atoms with E-state index >= 15 is 0 Å². The Balaban J connectivity index is 2.96. The summed E-state index contributed by atoms with van der Waals surface area (Å²) in [5.41, 5.74) is 0.684. The highest BCUT2D eigenvalue weighted by molar-refractivity contribution is 5.13. The lowest BCUT2D eigenvalue weighted by Gasteiger charge is -1.97. The van der Waals surface area contributed by atoms with Crippen LogP contribution in [-0.2, 0) is 18.4 Å². The molecule has 0 aromatic carbocycles. The average molecular weight is 171 g/mol. The lowest BCUT2D eigenvalue weighted by Crippen LogP contribution is -2.02. The zero-order valence-corrected chi connectivity index (χ0v) is 6.85. The van der Waals surface area contributed by atoms with Crippen molar-refractivity contribution in [3.8, 4) is 0 Å². The SMILES string of the molecule is COCc1cnc([N+](=O)[O-])n1C. The fraction of sp³-hybridized carbons (Fsp3) is 0.500. The van der Waals surface area contributed by atoms with Crippen LogP contribution >= 0.6 is 0 Å². The molecule has 0 fully saturated rings. The molecule has 0 unspecified atom stereocenters. The van der Waals surface area contributed by atoms with Crippen LogP contribution in [0.2, 0.25) is 0 Å². The summed E-state index contributed by atoms with van der Waals surface area (Å²) in [5.74, 6) is -0.165. The molecule has 66 valence electrons. The molecular weight excluding hydrogens is 162 g/mol. The molecule has 12 heavy (non-hydrogen) atoms. The Morgan fingerprint density at radius 3 is 2.92 bits per heavy atom. The molecule has 0 bridgehead atoms. The van der Waals surface area contributed by atoms with E-state index in [0.717, 1.165) is 0 Å². The number of methoxy groups -OCH3 is 1. The summed E-state index contributed by atoms with van der Waals surface area (Å²) in [5, 5.41) is 10.3. The Kier molecular flexibility index (Phi) is 2.39. The molecule has 0 N–H and O–H groups in total. The predicted octanol–water partition coefficient (Wildman–Crippen LogP) is 0.475. The maximum atomic E-state index is 10.3. The summed E-state index contributed by atoms with van der Waals surface area (Å²) >= 11 is 0. The van der Waals surface area contributed by atoms with Crippen molar-refractivity contribution in [1.29, 1.82) is 0 Å². The van der Waals surface area contributed by atoms with Crippen molar-refractivity contribution in [1.82, 2.24) is 9.55 Å². The Hall–Kier alpha value is -1.43. The summed E-state index contributed by atoms with van der Waals surface area (Å²) in [6, 6.07) is 0. The normalized spacial score (nSPS) is 10.2. The van der Waals surface area contributed by atoms with Crippen LogP contribution < -0.4 is 0 Å². The minimum atomic E-state index is -0.529. The molecule has 0 aliphatic rings. The number of nitrogens with zero attached hydrogens (tertiary/aromatic N) is 3. The molecule has 0 radical (unpaired) electrons. The van der Waals surface area contributed by atoms with Crippen molar-refractivity contribution in [3.05, 3.63) is 22.0 Å². The van der Waals surface area contributed by atoms with E-state index in [9.17, 15) is 10.1 Å². The van der Waals surface area contributed by atoms with E-state index in [2.05, 4.69) is 4.98 Å². The first-order valence-electron chi connectivity index (χ1n) is 3.30. The van der Waals surface area contributed by atoms with Gasteiger partial charge in [-0.1, -0.05) is 4.98 Å². The van der Waals surface area contributed by atoms with Gasteiger partial charge in [0.05, 0.1) is 7.05 Å². The van der Waals surface area contributed by atoms with E-state index in [0.29, 0.717) is 12.3 Å². The van der Waals surface area contributed by atoms with Crippen LogP contribution in [0.3, 0.4) is 0 Å². The van der Waals surface area contributed by atoms with E-state index in [1.165, 1.54) is 17.9 Å².